The van der Waals surface area contributed by atoms with Gasteiger partial charge in [-0.3, -0.25) is 4.79 Å². The molecule has 0 fully saturated rings. The van der Waals surface area contributed by atoms with Crippen molar-refractivity contribution in [3.63, 3.8) is 0 Å². The van der Waals surface area contributed by atoms with E-state index in [0.29, 0.717) is 18.8 Å². The van der Waals surface area contributed by atoms with Crippen molar-refractivity contribution in [3.05, 3.63) is 29.7 Å². The Labute approximate surface area is 115 Å². The van der Waals surface area contributed by atoms with Crippen LogP contribution in [0.2, 0.25) is 0 Å². The van der Waals surface area contributed by atoms with Crippen molar-refractivity contribution in [2.24, 2.45) is 0 Å². The smallest absolute Gasteiger partial charge is 0.227 e. The van der Waals surface area contributed by atoms with Crippen molar-refractivity contribution in [3.8, 4) is 0 Å². The molecule has 2 rings (SSSR count). The molecule has 0 aliphatic heterocycles. The van der Waals surface area contributed by atoms with E-state index < -0.39 is 0 Å². The molecule has 0 spiro atoms. The van der Waals surface area contributed by atoms with Crippen LogP contribution in [0.1, 0.15) is 17.8 Å². The molecular formula is C12H15N5OS. The highest BCUT2D eigenvalue weighted by Gasteiger charge is 2.06. The van der Waals surface area contributed by atoms with Crippen LogP contribution in [0.3, 0.4) is 0 Å². The highest BCUT2D eigenvalue weighted by Crippen LogP contribution is 2.11. The Balaban J connectivity index is 1.77. The summed E-state index contributed by atoms with van der Waals surface area (Å²) in [6.07, 6.45) is 2.01. The molecule has 0 aromatic carbocycles. The van der Waals surface area contributed by atoms with E-state index in [1.54, 1.807) is 6.20 Å². The van der Waals surface area contributed by atoms with E-state index in [2.05, 4.69) is 25.0 Å². The van der Waals surface area contributed by atoms with Gasteiger partial charge in [-0.05, 0) is 25.5 Å². The summed E-state index contributed by atoms with van der Waals surface area (Å²) in [7, 11) is 0. The van der Waals surface area contributed by atoms with E-state index >= 15 is 0 Å². The van der Waals surface area contributed by atoms with Gasteiger partial charge in [0.25, 0.3) is 0 Å². The minimum atomic E-state index is -0.0736. The van der Waals surface area contributed by atoms with Crippen LogP contribution in [0.5, 0.6) is 0 Å². The quantitative estimate of drug-likeness (QED) is 0.873. The van der Waals surface area contributed by atoms with Crippen LogP contribution in [0.25, 0.3) is 0 Å². The Morgan fingerprint density at radius 1 is 1.42 bits per heavy atom. The molecule has 0 saturated carbocycles. The SMILES string of the molecule is Cc1nsc(NCCC(=O)Nc2ncccc2C)n1. The second-order valence-electron chi connectivity index (χ2n) is 4.04. The lowest BCUT2D eigenvalue weighted by Gasteiger charge is -2.06. The fourth-order valence-corrected chi connectivity index (χ4v) is 2.06. The summed E-state index contributed by atoms with van der Waals surface area (Å²) in [5.74, 6) is 1.27. The van der Waals surface area contributed by atoms with Crippen molar-refractivity contribution < 1.29 is 4.79 Å². The molecule has 2 aromatic rings. The van der Waals surface area contributed by atoms with Gasteiger partial charge in [-0.25, -0.2) is 9.97 Å². The van der Waals surface area contributed by atoms with E-state index in [1.807, 2.05) is 26.0 Å². The number of hydrogen-bond donors (Lipinski definition) is 2. The number of hydrogen-bond acceptors (Lipinski definition) is 6. The maximum absolute atomic E-state index is 11.7. The van der Waals surface area contributed by atoms with E-state index in [0.717, 1.165) is 16.5 Å². The number of anilines is 2. The van der Waals surface area contributed by atoms with E-state index in [9.17, 15) is 4.79 Å². The summed E-state index contributed by atoms with van der Waals surface area (Å²) in [4.78, 5) is 20.0. The second-order valence-corrected chi connectivity index (χ2v) is 4.79. The fraction of sp³-hybridized carbons (Fsp3) is 0.333. The first-order chi connectivity index (χ1) is 9.15. The average molecular weight is 277 g/mol. The van der Waals surface area contributed by atoms with E-state index in [4.69, 9.17) is 0 Å². The van der Waals surface area contributed by atoms with Gasteiger partial charge < -0.3 is 10.6 Å². The Morgan fingerprint density at radius 3 is 2.95 bits per heavy atom. The Bertz CT molecular complexity index is 569. The third-order valence-corrected chi connectivity index (χ3v) is 3.19. The largest absolute Gasteiger partial charge is 0.360 e. The van der Waals surface area contributed by atoms with Crippen molar-refractivity contribution >= 4 is 28.4 Å². The lowest BCUT2D eigenvalue weighted by atomic mass is 10.3. The lowest BCUT2D eigenvalue weighted by molar-refractivity contribution is -0.116. The van der Waals surface area contributed by atoms with Gasteiger partial charge in [0.15, 0.2) is 0 Å². The molecule has 0 radical (unpaired) electrons. The first-order valence-corrected chi connectivity index (χ1v) is 6.68. The van der Waals surface area contributed by atoms with E-state index in [-0.39, 0.29) is 5.91 Å². The summed E-state index contributed by atoms with van der Waals surface area (Å²) < 4.78 is 4.05. The molecule has 1 amide bonds. The summed E-state index contributed by atoms with van der Waals surface area (Å²) in [6, 6.07) is 3.75. The number of aryl methyl sites for hydroxylation is 2. The number of pyridine rings is 1. The molecule has 0 atom stereocenters. The van der Waals surface area contributed by atoms with Gasteiger partial charge in [0.05, 0.1) is 0 Å². The van der Waals surface area contributed by atoms with Gasteiger partial charge in [-0.1, -0.05) is 6.07 Å². The third-order valence-electron chi connectivity index (χ3n) is 2.42. The van der Waals surface area contributed by atoms with Gasteiger partial charge in [-0.2, -0.15) is 4.37 Å². The molecule has 19 heavy (non-hydrogen) atoms. The molecule has 2 heterocycles. The minimum absolute atomic E-state index is 0.0736. The zero-order chi connectivity index (χ0) is 13.7. The fourth-order valence-electron chi connectivity index (χ4n) is 1.46. The van der Waals surface area contributed by atoms with Crippen LogP contribution >= 0.6 is 11.5 Å². The number of amides is 1. The summed E-state index contributed by atoms with van der Waals surface area (Å²) in [6.45, 7) is 4.26. The van der Waals surface area contributed by atoms with Gasteiger partial charge in [0, 0.05) is 30.7 Å². The number of carbonyl (C=O) groups excluding carboxylic acids is 1. The van der Waals surface area contributed by atoms with Crippen LogP contribution < -0.4 is 10.6 Å². The van der Waals surface area contributed by atoms with E-state index in [1.165, 1.54) is 11.5 Å². The van der Waals surface area contributed by atoms with Gasteiger partial charge in [0.2, 0.25) is 11.0 Å². The summed E-state index contributed by atoms with van der Waals surface area (Å²) in [5, 5.41) is 6.57. The first-order valence-electron chi connectivity index (χ1n) is 5.91. The number of carbonyl (C=O) groups is 1. The monoisotopic (exact) mass is 277 g/mol. The second kappa shape index (κ2) is 6.24. The Morgan fingerprint density at radius 2 is 2.26 bits per heavy atom. The number of aromatic nitrogens is 3. The summed E-state index contributed by atoms with van der Waals surface area (Å²) >= 11 is 1.29. The van der Waals surface area contributed by atoms with Crippen LogP contribution in [-0.4, -0.2) is 26.8 Å². The first kappa shape index (κ1) is 13.4. The normalized spacial score (nSPS) is 10.2. The molecule has 0 bridgehead atoms. The molecule has 0 aliphatic carbocycles. The summed E-state index contributed by atoms with van der Waals surface area (Å²) in [5.41, 5.74) is 0.948. The zero-order valence-corrected chi connectivity index (χ0v) is 11.6. The third kappa shape index (κ3) is 3.99. The van der Waals surface area contributed by atoms with Crippen LogP contribution in [-0.2, 0) is 4.79 Å². The van der Waals surface area contributed by atoms with Gasteiger partial charge >= 0.3 is 0 Å². The Hall–Kier alpha value is -2.02. The molecule has 6 nitrogen and oxygen atoms in total. The molecule has 2 aromatic heterocycles. The highest BCUT2D eigenvalue weighted by atomic mass is 32.1. The maximum atomic E-state index is 11.7. The molecule has 2 N–H and O–H groups in total. The van der Waals surface area contributed by atoms with Crippen LogP contribution in [0.15, 0.2) is 18.3 Å². The van der Waals surface area contributed by atoms with Crippen molar-refractivity contribution in [2.75, 3.05) is 17.2 Å². The molecule has 0 saturated heterocycles. The highest BCUT2D eigenvalue weighted by molar-refractivity contribution is 7.09. The van der Waals surface area contributed by atoms with Crippen LogP contribution in [0.4, 0.5) is 10.9 Å². The van der Waals surface area contributed by atoms with Crippen molar-refractivity contribution in [1.82, 2.24) is 14.3 Å². The Kier molecular flexibility index (Phi) is 4.40. The number of rotatable bonds is 5. The molecule has 100 valence electrons. The van der Waals surface area contributed by atoms with Crippen molar-refractivity contribution in [1.29, 1.82) is 0 Å². The number of nitrogens with one attached hydrogen (secondary N) is 2. The number of nitrogens with zero attached hydrogens (tertiary/aromatic N) is 3. The lowest BCUT2D eigenvalue weighted by Crippen LogP contribution is -2.17. The zero-order valence-electron chi connectivity index (χ0n) is 10.8. The van der Waals surface area contributed by atoms with Crippen molar-refractivity contribution in [2.45, 2.75) is 20.3 Å². The average Bonchev–Trinajstić information content (AvgIpc) is 2.78. The molecule has 7 heteroatoms. The predicted molar refractivity (Wildman–Crippen MR) is 75.4 cm³/mol. The molecule has 0 unspecified atom stereocenters. The predicted octanol–water partition coefficient (Wildman–Crippen LogP) is 1.99. The van der Waals surface area contributed by atoms with Gasteiger partial charge in [-0.15, -0.1) is 0 Å². The standard InChI is InChI=1S/C12H15N5OS/c1-8-4-3-6-13-11(8)16-10(18)5-7-14-12-15-9(2)17-19-12/h3-4,6H,5,7H2,1-2H3,(H,13,16,18)(H,14,15,17). The molecular weight excluding hydrogens is 262 g/mol. The van der Waals surface area contributed by atoms with Crippen LogP contribution in [0, 0.1) is 13.8 Å². The minimum Gasteiger partial charge on any atom is -0.360 e. The molecule has 0 aliphatic rings. The maximum Gasteiger partial charge on any atom is 0.227 e. The van der Waals surface area contributed by atoms with Gasteiger partial charge in [0.1, 0.15) is 11.6 Å². The topological polar surface area (TPSA) is 79.8 Å².